The van der Waals surface area contributed by atoms with Crippen LogP contribution in [0.15, 0.2) is 0 Å². The van der Waals surface area contributed by atoms with Crippen LogP contribution in [0.3, 0.4) is 0 Å². The maximum absolute atomic E-state index is 11.3. The summed E-state index contributed by atoms with van der Waals surface area (Å²) in [5.74, 6) is -0.499. The normalized spacial score (nSPS) is 30.6. The molecule has 0 bridgehead atoms. The number of nitrogens with one attached hydrogen (secondary N) is 1. The third-order valence-corrected chi connectivity index (χ3v) is 2.47. The first kappa shape index (κ1) is 9.29. The smallest absolute Gasteiger partial charge is 0.226 e. The molecule has 1 aliphatic heterocycles. The van der Waals surface area contributed by atoms with Crippen LogP contribution in [0, 0.1) is 5.92 Å². The summed E-state index contributed by atoms with van der Waals surface area (Å²) in [6.07, 6.45) is 0.801. The molecule has 1 atom stereocenters. The highest BCUT2D eigenvalue weighted by atomic mass is 16.2. The fourth-order valence-corrected chi connectivity index (χ4v) is 1.29. The first-order valence-electron chi connectivity index (χ1n) is 4.10. The highest BCUT2D eigenvalue weighted by Gasteiger charge is 2.39. The molecule has 2 amide bonds. The van der Waals surface area contributed by atoms with Crippen molar-refractivity contribution in [3.63, 3.8) is 0 Å². The Balaban J connectivity index is 2.80. The molecule has 1 heterocycles. The van der Waals surface area contributed by atoms with Gasteiger partial charge in [-0.3, -0.25) is 14.9 Å². The van der Waals surface area contributed by atoms with Gasteiger partial charge >= 0.3 is 0 Å². The number of hydrogen-bond donors (Lipinski definition) is 1. The Morgan fingerprint density at radius 2 is 2.08 bits per heavy atom. The van der Waals surface area contributed by atoms with E-state index in [0.717, 1.165) is 0 Å². The van der Waals surface area contributed by atoms with Gasteiger partial charge in [0.05, 0.1) is 7.85 Å². The maximum Gasteiger partial charge on any atom is 0.226 e. The molecule has 0 aromatic heterocycles. The molecule has 4 heteroatoms. The largest absolute Gasteiger partial charge is 0.297 e. The van der Waals surface area contributed by atoms with Crippen molar-refractivity contribution in [3.8, 4) is 0 Å². The summed E-state index contributed by atoms with van der Waals surface area (Å²) in [5, 5.41) is 1.40. The van der Waals surface area contributed by atoms with Crippen molar-refractivity contribution in [2.45, 2.75) is 32.0 Å². The van der Waals surface area contributed by atoms with Crippen molar-refractivity contribution in [2.24, 2.45) is 5.92 Å². The van der Waals surface area contributed by atoms with Crippen LogP contribution in [0.5, 0.6) is 0 Å². The quantitative estimate of drug-likeness (QED) is 0.451. The van der Waals surface area contributed by atoms with E-state index in [2.05, 4.69) is 5.32 Å². The van der Waals surface area contributed by atoms with Gasteiger partial charge in [0.1, 0.15) is 0 Å². The molecule has 1 aliphatic rings. The SMILES string of the molecule is [B]C1(C(C)C)CCC(=O)NC1=O. The number of carbonyl (C=O) groups excluding carboxylic acids is 2. The Labute approximate surface area is 73.3 Å². The number of rotatable bonds is 1. The molecule has 1 N–H and O–H groups in total. The van der Waals surface area contributed by atoms with Crippen LogP contribution >= 0.6 is 0 Å². The third kappa shape index (κ3) is 1.38. The predicted molar refractivity (Wildman–Crippen MR) is 45.7 cm³/mol. The van der Waals surface area contributed by atoms with Crippen LogP contribution in [0.25, 0.3) is 0 Å². The zero-order valence-electron chi connectivity index (χ0n) is 7.39. The summed E-state index contributed by atoms with van der Waals surface area (Å²) < 4.78 is 0. The molecule has 64 valence electrons. The summed E-state index contributed by atoms with van der Waals surface area (Å²) in [6.45, 7) is 3.77. The van der Waals surface area contributed by atoms with Crippen molar-refractivity contribution in [2.75, 3.05) is 0 Å². The molecule has 12 heavy (non-hydrogen) atoms. The zero-order valence-corrected chi connectivity index (χ0v) is 7.39. The molecule has 0 spiro atoms. The van der Waals surface area contributed by atoms with Crippen LogP contribution in [-0.4, -0.2) is 19.7 Å². The summed E-state index contributed by atoms with van der Waals surface area (Å²) in [4.78, 5) is 22.1. The van der Waals surface area contributed by atoms with Gasteiger partial charge in [-0.05, 0) is 12.3 Å². The summed E-state index contributed by atoms with van der Waals surface area (Å²) >= 11 is 0. The lowest BCUT2D eigenvalue weighted by Gasteiger charge is -2.35. The molecule has 1 fully saturated rings. The van der Waals surface area contributed by atoms with Gasteiger partial charge in [0.25, 0.3) is 0 Å². The highest BCUT2D eigenvalue weighted by Crippen LogP contribution is 2.39. The average Bonchev–Trinajstić information content (AvgIpc) is 1.97. The van der Waals surface area contributed by atoms with Crippen molar-refractivity contribution in [1.82, 2.24) is 5.32 Å². The number of amides is 2. The minimum atomic E-state index is -0.853. The molecule has 0 aliphatic carbocycles. The van der Waals surface area contributed by atoms with E-state index < -0.39 is 5.31 Å². The third-order valence-electron chi connectivity index (χ3n) is 2.47. The van der Waals surface area contributed by atoms with Gasteiger partial charge < -0.3 is 0 Å². The van der Waals surface area contributed by atoms with E-state index >= 15 is 0 Å². The Bertz CT molecular complexity index is 227. The van der Waals surface area contributed by atoms with E-state index in [1.807, 2.05) is 13.8 Å². The second kappa shape index (κ2) is 2.92. The molecular weight excluding hydrogens is 153 g/mol. The minimum Gasteiger partial charge on any atom is -0.297 e. The van der Waals surface area contributed by atoms with Crippen LogP contribution in [0.2, 0.25) is 5.31 Å². The van der Waals surface area contributed by atoms with E-state index in [1.54, 1.807) is 0 Å². The van der Waals surface area contributed by atoms with Crippen LogP contribution in [0.4, 0.5) is 0 Å². The fourth-order valence-electron chi connectivity index (χ4n) is 1.29. The lowest BCUT2D eigenvalue weighted by molar-refractivity contribution is -0.136. The Kier molecular flexibility index (Phi) is 2.26. The number of piperidine rings is 1. The lowest BCUT2D eigenvalue weighted by atomic mass is 9.57. The average molecular weight is 165 g/mol. The van der Waals surface area contributed by atoms with Crippen LogP contribution in [-0.2, 0) is 9.59 Å². The van der Waals surface area contributed by atoms with E-state index in [4.69, 9.17) is 7.85 Å². The van der Waals surface area contributed by atoms with E-state index in [1.165, 1.54) is 0 Å². The molecular formula is C8H12BNO2. The van der Waals surface area contributed by atoms with Crippen molar-refractivity contribution < 1.29 is 9.59 Å². The molecule has 0 saturated carbocycles. The van der Waals surface area contributed by atoms with Gasteiger partial charge in [0.15, 0.2) is 0 Å². The first-order valence-corrected chi connectivity index (χ1v) is 4.10. The summed E-state index contributed by atoms with van der Waals surface area (Å²) in [5.41, 5.74) is 0. The van der Waals surface area contributed by atoms with Crippen molar-refractivity contribution in [1.29, 1.82) is 0 Å². The van der Waals surface area contributed by atoms with Gasteiger partial charge in [0.2, 0.25) is 11.8 Å². The van der Waals surface area contributed by atoms with Crippen LogP contribution in [0.1, 0.15) is 26.7 Å². The molecule has 0 aromatic rings. The molecule has 2 radical (unpaired) electrons. The van der Waals surface area contributed by atoms with E-state index in [-0.39, 0.29) is 17.7 Å². The van der Waals surface area contributed by atoms with Gasteiger partial charge in [0, 0.05) is 11.7 Å². The number of carbonyl (C=O) groups is 2. The topological polar surface area (TPSA) is 46.2 Å². The summed E-state index contributed by atoms with van der Waals surface area (Å²) in [6, 6.07) is 0. The van der Waals surface area contributed by atoms with E-state index in [9.17, 15) is 9.59 Å². The van der Waals surface area contributed by atoms with Crippen LogP contribution < -0.4 is 5.32 Å². The second-order valence-electron chi connectivity index (χ2n) is 3.57. The number of hydrogen-bond acceptors (Lipinski definition) is 2. The van der Waals surface area contributed by atoms with Crippen molar-refractivity contribution in [3.05, 3.63) is 0 Å². The standard InChI is InChI=1S/C8H12BNO2/c1-5(2)8(9)4-3-6(11)10-7(8)12/h5H,3-4H2,1-2H3,(H,10,11,12). The Morgan fingerprint density at radius 3 is 2.50 bits per heavy atom. The lowest BCUT2D eigenvalue weighted by Crippen LogP contribution is -2.47. The van der Waals surface area contributed by atoms with Crippen molar-refractivity contribution >= 4 is 19.7 Å². The van der Waals surface area contributed by atoms with E-state index in [0.29, 0.717) is 12.8 Å². The molecule has 1 saturated heterocycles. The summed E-state index contributed by atoms with van der Waals surface area (Å²) in [7, 11) is 5.84. The van der Waals surface area contributed by atoms with Gasteiger partial charge in [-0.1, -0.05) is 13.8 Å². The maximum atomic E-state index is 11.3. The molecule has 3 nitrogen and oxygen atoms in total. The second-order valence-corrected chi connectivity index (χ2v) is 3.57. The number of imide groups is 1. The zero-order chi connectivity index (χ0) is 9.35. The monoisotopic (exact) mass is 165 g/mol. The van der Waals surface area contributed by atoms with Gasteiger partial charge in [-0.25, -0.2) is 0 Å². The fraction of sp³-hybridized carbons (Fsp3) is 0.750. The minimum absolute atomic E-state index is 0.0607. The highest BCUT2D eigenvalue weighted by molar-refractivity contribution is 6.30. The Morgan fingerprint density at radius 1 is 1.50 bits per heavy atom. The molecule has 1 unspecified atom stereocenters. The first-order chi connectivity index (χ1) is 5.47. The predicted octanol–water partition coefficient (Wildman–Crippen LogP) is 0.406. The molecule has 0 aromatic carbocycles. The van der Waals surface area contributed by atoms with Gasteiger partial charge in [-0.2, -0.15) is 0 Å². The van der Waals surface area contributed by atoms with Gasteiger partial charge in [-0.15, -0.1) is 0 Å². The molecule has 1 rings (SSSR count). The Hall–Kier alpha value is -0.795.